The Morgan fingerprint density at radius 2 is 2.11 bits per heavy atom. The highest BCUT2D eigenvalue weighted by atomic mass is 16.5. The maximum absolute atomic E-state index is 11.4. The summed E-state index contributed by atoms with van der Waals surface area (Å²) in [7, 11) is 7.11. The lowest BCUT2D eigenvalue weighted by Crippen LogP contribution is -2.36. The molecule has 5 nitrogen and oxygen atoms in total. The monoisotopic (exact) mass is 266 g/mol. The van der Waals surface area contributed by atoms with Gasteiger partial charge in [0.15, 0.2) is 0 Å². The molecule has 106 valence electrons. The van der Waals surface area contributed by atoms with Crippen molar-refractivity contribution in [2.75, 3.05) is 41.5 Å². The molecular weight excluding hydrogens is 244 g/mol. The van der Waals surface area contributed by atoms with E-state index >= 15 is 0 Å². The van der Waals surface area contributed by atoms with Gasteiger partial charge in [0.2, 0.25) is 5.91 Å². The van der Waals surface area contributed by atoms with Crippen molar-refractivity contribution in [1.29, 1.82) is 0 Å². The lowest BCUT2D eigenvalue weighted by molar-refractivity contribution is -0.124. The van der Waals surface area contributed by atoms with Gasteiger partial charge in [-0.25, -0.2) is 0 Å². The van der Waals surface area contributed by atoms with E-state index < -0.39 is 0 Å². The summed E-state index contributed by atoms with van der Waals surface area (Å²) in [6.07, 6.45) is 0. The van der Waals surface area contributed by atoms with E-state index in [9.17, 15) is 4.79 Å². The molecule has 0 saturated carbocycles. The maximum atomic E-state index is 11.4. The van der Waals surface area contributed by atoms with Gasteiger partial charge in [-0.1, -0.05) is 12.1 Å². The zero-order valence-electron chi connectivity index (χ0n) is 12.0. The molecule has 0 aliphatic carbocycles. The van der Waals surface area contributed by atoms with Crippen molar-refractivity contribution in [3.8, 4) is 5.75 Å². The average Bonchev–Trinajstić information content (AvgIpc) is 2.39. The predicted octanol–water partition coefficient (Wildman–Crippen LogP) is 1.06. The van der Waals surface area contributed by atoms with Crippen LogP contribution in [0.2, 0.25) is 0 Å². The second kappa shape index (κ2) is 7.76. The van der Waals surface area contributed by atoms with Crippen LogP contribution >= 0.6 is 0 Å². The molecule has 0 fully saturated rings. The topological polar surface area (TPSA) is 50.8 Å². The summed E-state index contributed by atoms with van der Waals surface area (Å²) in [4.78, 5) is 13.5. The van der Waals surface area contributed by atoms with Crippen LogP contribution < -0.4 is 10.1 Å². The highest BCUT2D eigenvalue weighted by Gasteiger charge is 2.15. The molecule has 0 spiro atoms. The van der Waals surface area contributed by atoms with Gasteiger partial charge in [0, 0.05) is 13.7 Å². The molecule has 0 aromatic heterocycles. The fourth-order valence-electron chi connectivity index (χ4n) is 1.84. The molecule has 0 aliphatic heterocycles. The first-order valence-corrected chi connectivity index (χ1v) is 6.14. The van der Waals surface area contributed by atoms with Crippen molar-refractivity contribution in [3.63, 3.8) is 0 Å². The Labute approximate surface area is 114 Å². The molecule has 0 radical (unpaired) electrons. The lowest BCUT2D eigenvalue weighted by atomic mass is 10.1. The van der Waals surface area contributed by atoms with E-state index in [1.807, 2.05) is 38.4 Å². The molecule has 0 saturated heterocycles. The number of ether oxygens (including phenoxy) is 2. The molecular formula is C14H22N2O3. The zero-order valence-corrected chi connectivity index (χ0v) is 12.0. The Morgan fingerprint density at radius 3 is 2.68 bits per heavy atom. The minimum atomic E-state index is -0.114. The smallest absolute Gasteiger partial charge is 0.246 e. The van der Waals surface area contributed by atoms with Crippen LogP contribution in [-0.2, 0) is 9.53 Å². The Morgan fingerprint density at radius 1 is 1.37 bits per heavy atom. The highest BCUT2D eigenvalue weighted by molar-refractivity contribution is 5.77. The first-order chi connectivity index (χ1) is 9.08. The lowest BCUT2D eigenvalue weighted by Gasteiger charge is -2.25. The maximum Gasteiger partial charge on any atom is 0.246 e. The third-order valence-corrected chi connectivity index (χ3v) is 2.87. The quantitative estimate of drug-likeness (QED) is 0.802. The predicted molar refractivity (Wildman–Crippen MR) is 74.3 cm³/mol. The minimum absolute atomic E-state index is 0.0816. The van der Waals surface area contributed by atoms with Gasteiger partial charge in [0.1, 0.15) is 12.4 Å². The number of methoxy groups -OCH3 is 2. The summed E-state index contributed by atoms with van der Waals surface area (Å²) in [5.74, 6) is 0.699. The molecule has 1 N–H and O–H groups in total. The number of rotatable bonds is 7. The Kier molecular flexibility index (Phi) is 6.32. The molecule has 1 aromatic carbocycles. The Hall–Kier alpha value is -1.59. The van der Waals surface area contributed by atoms with E-state index in [-0.39, 0.29) is 18.6 Å². The molecule has 19 heavy (non-hydrogen) atoms. The van der Waals surface area contributed by atoms with Crippen molar-refractivity contribution in [3.05, 3.63) is 29.8 Å². The van der Waals surface area contributed by atoms with E-state index in [0.717, 1.165) is 11.3 Å². The third-order valence-electron chi connectivity index (χ3n) is 2.87. The SMILES string of the molecule is COCC(=O)NCC(c1cccc(OC)c1)N(C)C. The number of amides is 1. The van der Waals surface area contributed by atoms with Gasteiger partial charge in [-0.2, -0.15) is 0 Å². The molecule has 1 unspecified atom stereocenters. The van der Waals surface area contributed by atoms with Crippen molar-refractivity contribution in [1.82, 2.24) is 10.2 Å². The summed E-state index contributed by atoms with van der Waals surface area (Å²) >= 11 is 0. The van der Waals surface area contributed by atoms with E-state index in [2.05, 4.69) is 10.2 Å². The van der Waals surface area contributed by atoms with Crippen molar-refractivity contribution < 1.29 is 14.3 Å². The van der Waals surface area contributed by atoms with E-state index in [1.165, 1.54) is 7.11 Å². The molecule has 1 atom stereocenters. The molecule has 0 heterocycles. The summed E-state index contributed by atoms with van der Waals surface area (Å²) in [5.41, 5.74) is 1.10. The largest absolute Gasteiger partial charge is 0.497 e. The molecule has 5 heteroatoms. The standard InChI is InChI=1S/C14H22N2O3/c1-16(2)13(9-15-14(17)10-18-3)11-6-5-7-12(8-11)19-4/h5-8,13H,9-10H2,1-4H3,(H,15,17). The minimum Gasteiger partial charge on any atom is -0.497 e. The van der Waals surface area contributed by atoms with Gasteiger partial charge < -0.3 is 19.7 Å². The van der Waals surface area contributed by atoms with Crippen molar-refractivity contribution in [2.24, 2.45) is 0 Å². The van der Waals surface area contributed by atoms with Crippen LogP contribution in [0.3, 0.4) is 0 Å². The fraction of sp³-hybridized carbons (Fsp3) is 0.500. The first kappa shape index (κ1) is 15.5. The average molecular weight is 266 g/mol. The van der Waals surface area contributed by atoms with Gasteiger partial charge >= 0.3 is 0 Å². The van der Waals surface area contributed by atoms with Crippen LogP contribution in [0.5, 0.6) is 5.75 Å². The van der Waals surface area contributed by atoms with E-state index in [1.54, 1.807) is 7.11 Å². The van der Waals surface area contributed by atoms with Crippen LogP contribution in [0, 0.1) is 0 Å². The number of hydrogen-bond donors (Lipinski definition) is 1. The molecule has 1 aromatic rings. The third kappa shape index (κ3) is 4.89. The number of benzene rings is 1. The van der Waals surface area contributed by atoms with Gasteiger partial charge in [0.25, 0.3) is 0 Å². The van der Waals surface area contributed by atoms with Crippen LogP contribution in [-0.4, -0.2) is 52.3 Å². The summed E-state index contributed by atoms with van der Waals surface area (Å²) in [6.45, 7) is 0.612. The van der Waals surface area contributed by atoms with Crippen LogP contribution in [0.1, 0.15) is 11.6 Å². The van der Waals surface area contributed by atoms with E-state index in [4.69, 9.17) is 9.47 Å². The Bertz CT molecular complexity index is 407. The number of carbonyl (C=O) groups excluding carboxylic acids is 1. The van der Waals surface area contributed by atoms with Crippen LogP contribution in [0.15, 0.2) is 24.3 Å². The molecule has 1 rings (SSSR count). The second-order valence-electron chi connectivity index (χ2n) is 4.49. The van der Waals surface area contributed by atoms with Crippen molar-refractivity contribution >= 4 is 5.91 Å². The van der Waals surface area contributed by atoms with Crippen LogP contribution in [0.25, 0.3) is 0 Å². The highest BCUT2D eigenvalue weighted by Crippen LogP contribution is 2.21. The number of nitrogens with one attached hydrogen (secondary N) is 1. The number of hydrogen-bond acceptors (Lipinski definition) is 4. The number of nitrogens with zero attached hydrogens (tertiary/aromatic N) is 1. The normalized spacial score (nSPS) is 12.3. The second-order valence-corrected chi connectivity index (χ2v) is 4.49. The van der Waals surface area contributed by atoms with Gasteiger partial charge in [-0.05, 0) is 31.8 Å². The molecule has 1 amide bonds. The summed E-state index contributed by atoms with van der Waals surface area (Å²) < 4.78 is 10.0. The molecule has 0 aliphatic rings. The fourth-order valence-corrected chi connectivity index (χ4v) is 1.84. The van der Waals surface area contributed by atoms with Crippen molar-refractivity contribution in [2.45, 2.75) is 6.04 Å². The molecule has 0 bridgehead atoms. The van der Waals surface area contributed by atoms with Gasteiger partial charge in [0.05, 0.1) is 13.2 Å². The van der Waals surface area contributed by atoms with Crippen LogP contribution in [0.4, 0.5) is 0 Å². The van der Waals surface area contributed by atoms with E-state index in [0.29, 0.717) is 6.54 Å². The van der Waals surface area contributed by atoms with Gasteiger partial charge in [-0.15, -0.1) is 0 Å². The zero-order chi connectivity index (χ0) is 14.3. The first-order valence-electron chi connectivity index (χ1n) is 6.14. The number of carbonyl (C=O) groups is 1. The van der Waals surface area contributed by atoms with Gasteiger partial charge in [-0.3, -0.25) is 4.79 Å². The summed E-state index contributed by atoms with van der Waals surface area (Å²) in [5, 5.41) is 2.85. The summed E-state index contributed by atoms with van der Waals surface area (Å²) in [6, 6.07) is 7.94. The Balaban J connectivity index is 2.73. The number of likely N-dealkylation sites (N-methyl/N-ethyl adjacent to an activating group) is 1.